The van der Waals surface area contributed by atoms with Crippen molar-refractivity contribution in [1.82, 2.24) is 0 Å². The maximum absolute atomic E-state index is 13.3. The highest BCUT2D eigenvalue weighted by molar-refractivity contribution is 9.10. The van der Waals surface area contributed by atoms with Crippen LogP contribution in [0.1, 0.15) is 6.92 Å². The Bertz CT molecular complexity index is 1100. The van der Waals surface area contributed by atoms with E-state index in [0.29, 0.717) is 23.7 Å². The fourth-order valence-electron chi connectivity index (χ4n) is 2.80. The van der Waals surface area contributed by atoms with Gasteiger partial charge in [0, 0.05) is 16.2 Å². The van der Waals surface area contributed by atoms with Crippen molar-refractivity contribution in [3.05, 3.63) is 83.3 Å². The normalized spacial score (nSPS) is 11.0. The van der Waals surface area contributed by atoms with Crippen LogP contribution in [0, 0.1) is 0 Å². The van der Waals surface area contributed by atoms with Gasteiger partial charge in [0.05, 0.1) is 17.2 Å². The van der Waals surface area contributed by atoms with E-state index in [-0.39, 0.29) is 11.4 Å². The largest absolute Gasteiger partial charge is 0.494 e. The first-order valence-electron chi connectivity index (χ1n) is 9.26. The molecule has 1 amide bonds. The van der Waals surface area contributed by atoms with Gasteiger partial charge >= 0.3 is 0 Å². The molecular weight excluding hydrogens is 468 g/mol. The fourth-order valence-corrected chi connectivity index (χ4v) is 4.51. The van der Waals surface area contributed by atoms with Crippen molar-refractivity contribution in [1.29, 1.82) is 0 Å². The second kappa shape index (κ2) is 9.77. The average molecular weight is 489 g/mol. The van der Waals surface area contributed by atoms with Crippen LogP contribution < -0.4 is 14.4 Å². The van der Waals surface area contributed by atoms with Gasteiger partial charge in [-0.1, -0.05) is 40.2 Å². The smallest absolute Gasteiger partial charge is 0.264 e. The third-order valence-corrected chi connectivity index (χ3v) is 6.48. The summed E-state index contributed by atoms with van der Waals surface area (Å²) in [5.41, 5.74) is 0.916. The zero-order chi connectivity index (χ0) is 21.6. The molecule has 0 heterocycles. The first kappa shape index (κ1) is 21.9. The first-order chi connectivity index (χ1) is 14.4. The number of sulfonamides is 1. The van der Waals surface area contributed by atoms with Crippen LogP contribution in [0.5, 0.6) is 5.75 Å². The summed E-state index contributed by atoms with van der Waals surface area (Å²) >= 11 is 3.35. The molecule has 1 N–H and O–H groups in total. The second-order valence-electron chi connectivity index (χ2n) is 6.31. The van der Waals surface area contributed by atoms with Crippen LogP contribution in [0.15, 0.2) is 88.2 Å². The third-order valence-electron chi connectivity index (χ3n) is 4.16. The lowest BCUT2D eigenvalue weighted by atomic mass is 10.3. The van der Waals surface area contributed by atoms with Crippen molar-refractivity contribution in [3.63, 3.8) is 0 Å². The number of halogens is 1. The average Bonchev–Trinajstić information content (AvgIpc) is 2.74. The third kappa shape index (κ3) is 5.40. The minimum Gasteiger partial charge on any atom is -0.494 e. The molecule has 0 spiro atoms. The number of carbonyl (C=O) groups is 1. The van der Waals surface area contributed by atoms with Crippen molar-refractivity contribution in [2.45, 2.75) is 11.8 Å². The summed E-state index contributed by atoms with van der Waals surface area (Å²) in [6.07, 6.45) is 0. The lowest BCUT2D eigenvalue weighted by molar-refractivity contribution is -0.114. The Morgan fingerprint density at radius 3 is 2.37 bits per heavy atom. The molecule has 0 unspecified atom stereocenters. The van der Waals surface area contributed by atoms with E-state index in [1.165, 1.54) is 12.1 Å². The number of hydrogen-bond donors (Lipinski definition) is 1. The number of amides is 1. The maximum Gasteiger partial charge on any atom is 0.264 e. The van der Waals surface area contributed by atoms with E-state index in [2.05, 4.69) is 21.2 Å². The van der Waals surface area contributed by atoms with E-state index in [1.807, 2.05) is 6.92 Å². The zero-order valence-corrected chi connectivity index (χ0v) is 18.7. The van der Waals surface area contributed by atoms with Gasteiger partial charge < -0.3 is 10.1 Å². The number of nitrogens with zero attached hydrogens (tertiary/aromatic N) is 1. The zero-order valence-electron chi connectivity index (χ0n) is 16.3. The lowest BCUT2D eigenvalue weighted by Gasteiger charge is -2.24. The van der Waals surface area contributed by atoms with Gasteiger partial charge in [-0.3, -0.25) is 9.10 Å². The molecule has 0 saturated carbocycles. The van der Waals surface area contributed by atoms with Crippen LogP contribution in [0.2, 0.25) is 0 Å². The van der Waals surface area contributed by atoms with Crippen LogP contribution in [0.3, 0.4) is 0 Å². The van der Waals surface area contributed by atoms with Crippen LogP contribution >= 0.6 is 15.9 Å². The monoisotopic (exact) mass is 488 g/mol. The topological polar surface area (TPSA) is 75.7 Å². The Hall–Kier alpha value is -2.84. The van der Waals surface area contributed by atoms with Gasteiger partial charge in [-0.05, 0) is 55.5 Å². The number of rotatable bonds is 8. The van der Waals surface area contributed by atoms with E-state index in [1.54, 1.807) is 66.7 Å². The Morgan fingerprint density at radius 2 is 1.70 bits per heavy atom. The maximum atomic E-state index is 13.3. The van der Waals surface area contributed by atoms with Gasteiger partial charge in [-0.15, -0.1) is 0 Å². The molecule has 156 valence electrons. The Labute approximate surface area is 184 Å². The quantitative estimate of drug-likeness (QED) is 0.499. The van der Waals surface area contributed by atoms with Crippen molar-refractivity contribution >= 4 is 43.2 Å². The van der Waals surface area contributed by atoms with E-state index >= 15 is 0 Å². The molecule has 3 aromatic rings. The molecule has 0 aliphatic rings. The van der Waals surface area contributed by atoms with E-state index in [4.69, 9.17) is 4.74 Å². The summed E-state index contributed by atoms with van der Waals surface area (Å²) in [6.45, 7) is 2.00. The van der Waals surface area contributed by atoms with Gasteiger partial charge in [0.1, 0.15) is 12.3 Å². The molecule has 0 bridgehead atoms. The Kier molecular flexibility index (Phi) is 7.12. The van der Waals surface area contributed by atoms with Crippen LogP contribution in [0.25, 0.3) is 0 Å². The molecule has 30 heavy (non-hydrogen) atoms. The summed E-state index contributed by atoms with van der Waals surface area (Å²) in [7, 11) is -3.94. The summed E-state index contributed by atoms with van der Waals surface area (Å²) < 4.78 is 33.9. The molecule has 6 nitrogen and oxygen atoms in total. The molecule has 0 atom stereocenters. The number of nitrogens with one attached hydrogen (secondary N) is 1. The summed E-state index contributed by atoms with van der Waals surface area (Å²) in [4.78, 5) is 12.9. The van der Waals surface area contributed by atoms with Gasteiger partial charge in [-0.25, -0.2) is 8.42 Å². The van der Waals surface area contributed by atoms with Gasteiger partial charge in [0.15, 0.2) is 0 Å². The van der Waals surface area contributed by atoms with Gasteiger partial charge in [-0.2, -0.15) is 0 Å². The Balaban J connectivity index is 1.88. The molecule has 8 heteroatoms. The molecule has 3 aromatic carbocycles. The van der Waals surface area contributed by atoms with Crippen molar-refractivity contribution in [2.75, 3.05) is 22.8 Å². The molecular formula is C22H21BrN2O4S. The molecule has 3 rings (SSSR count). The summed E-state index contributed by atoms with van der Waals surface area (Å²) in [5, 5.41) is 2.74. The predicted octanol–water partition coefficient (Wildman–Crippen LogP) is 4.68. The van der Waals surface area contributed by atoms with Crippen molar-refractivity contribution in [2.24, 2.45) is 0 Å². The molecule has 0 aliphatic carbocycles. The second-order valence-corrected chi connectivity index (χ2v) is 9.09. The van der Waals surface area contributed by atoms with E-state index in [9.17, 15) is 13.2 Å². The predicted molar refractivity (Wildman–Crippen MR) is 121 cm³/mol. The molecule has 0 aromatic heterocycles. The number of hydrogen-bond acceptors (Lipinski definition) is 4. The minimum atomic E-state index is -3.94. The van der Waals surface area contributed by atoms with Crippen molar-refractivity contribution in [3.8, 4) is 5.75 Å². The van der Waals surface area contributed by atoms with Crippen LogP contribution in [0.4, 0.5) is 11.4 Å². The fraction of sp³-hybridized carbons (Fsp3) is 0.136. The summed E-state index contributed by atoms with van der Waals surface area (Å²) in [6, 6.07) is 21.7. The lowest BCUT2D eigenvalue weighted by Crippen LogP contribution is -2.38. The highest BCUT2D eigenvalue weighted by Crippen LogP contribution is 2.25. The first-order valence-corrected chi connectivity index (χ1v) is 11.5. The molecule has 0 saturated heterocycles. The van der Waals surface area contributed by atoms with Crippen LogP contribution in [-0.2, 0) is 14.8 Å². The SMILES string of the molecule is CCOc1cccc(NC(=O)CN(c2ccc(Br)cc2)S(=O)(=O)c2ccccc2)c1. The van der Waals surface area contributed by atoms with E-state index < -0.39 is 15.9 Å². The number of benzene rings is 3. The van der Waals surface area contributed by atoms with Gasteiger partial charge in [0.2, 0.25) is 5.91 Å². The Morgan fingerprint density at radius 1 is 1.00 bits per heavy atom. The standard InChI is InChI=1S/C22H21BrN2O4S/c1-2-29-20-8-6-7-18(15-20)24-22(26)16-25(19-13-11-17(23)12-14-19)30(27,28)21-9-4-3-5-10-21/h3-15H,2,16H2,1H3,(H,24,26). The number of carbonyl (C=O) groups excluding carboxylic acids is 1. The highest BCUT2D eigenvalue weighted by atomic mass is 79.9. The molecule has 0 fully saturated rings. The summed E-state index contributed by atoms with van der Waals surface area (Å²) in [5.74, 6) is 0.156. The van der Waals surface area contributed by atoms with Gasteiger partial charge in [0.25, 0.3) is 10.0 Å². The van der Waals surface area contributed by atoms with Crippen molar-refractivity contribution < 1.29 is 17.9 Å². The highest BCUT2D eigenvalue weighted by Gasteiger charge is 2.27. The van der Waals surface area contributed by atoms with Crippen LogP contribution in [-0.4, -0.2) is 27.5 Å². The van der Waals surface area contributed by atoms with E-state index in [0.717, 1.165) is 8.78 Å². The molecule has 0 radical (unpaired) electrons. The minimum absolute atomic E-state index is 0.110. The number of anilines is 2. The number of ether oxygens (including phenoxy) is 1. The molecule has 0 aliphatic heterocycles.